The third-order valence-electron chi connectivity index (χ3n) is 3.60. The molecule has 1 aliphatic heterocycles. The van der Waals surface area contributed by atoms with Crippen LogP contribution >= 0.6 is 11.3 Å². The van der Waals surface area contributed by atoms with Crippen LogP contribution in [0.5, 0.6) is 0 Å². The molecule has 0 aromatic carbocycles. The standard InChI is InChI=1S/C14H17N3O2S2/c1-10-8-11(2)16-14(15-10)12-5-6-17(9-12)21(18,19)13-4-3-7-20-13/h3-4,7-8,12H,5-6,9H2,1-2H3. The van der Waals surface area contributed by atoms with Crippen LogP contribution in [0.2, 0.25) is 0 Å². The molecule has 3 heterocycles. The summed E-state index contributed by atoms with van der Waals surface area (Å²) in [6.07, 6.45) is 0.771. The molecule has 0 saturated carbocycles. The van der Waals surface area contributed by atoms with Crippen LogP contribution in [-0.2, 0) is 10.0 Å². The monoisotopic (exact) mass is 323 g/mol. The van der Waals surface area contributed by atoms with Crippen LogP contribution in [0.4, 0.5) is 0 Å². The summed E-state index contributed by atoms with van der Waals surface area (Å²) >= 11 is 1.26. The summed E-state index contributed by atoms with van der Waals surface area (Å²) in [6.45, 7) is 4.87. The molecule has 0 spiro atoms. The van der Waals surface area contributed by atoms with E-state index in [0.717, 1.165) is 23.6 Å². The highest BCUT2D eigenvalue weighted by atomic mass is 32.2. The van der Waals surface area contributed by atoms with Crippen LogP contribution < -0.4 is 0 Å². The Labute approximate surface area is 128 Å². The van der Waals surface area contributed by atoms with E-state index in [1.54, 1.807) is 21.8 Å². The summed E-state index contributed by atoms with van der Waals surface area (Å²) in [5, 5.41) is 1.79. The Kier molecular flexibility index (Phi) is 3.81. The zero-order valence-corrected chi connectivity index (χ0v) is 13.6. The first-order valence-electron chi connectivity index (χ1n) is 6.82. The zero-order valence-electron chi connectivity index (χ0n) is 12.0. The molecular weight excluding hydrogens is 306 g/mol. The van der Waals surface area contributed by atoms with E-state index in [9.17, 15) is 8.42 Å². The molecule has 0 radical (unpaired) electrons. The number of aryl methyl sites for hydroxylation is 2. The van der Waals surface area contributed by atoms with Gasteiger partial charge in [-0.05, 0) is 37.8 Å². The van der Waals surface area contributed by atoms with Crippen molar-refractivity contribution in [1.29, 1.82) is 0 Å². The molecule has 2 aromatic rings. The molecule has 1 atom stereocenters. The minimum atomic E-state index is -3.36. The first kappa shape index (κ1) is 14.6. The van der Waals surface area contributed by atoms with Crippen molar-refractivity contribution >= 4 is 21.4 Å². The summed E-state index contributed by atoms with van der Waals surface area (Å²) in [4.78, 5) is 8.93. The highest BCUT2D eigenvalue weighted by Gasteiger charge is 2.35. The minimum absolute atomic E-state index is 0.0818. The lowest BCUT2D eigenvalue weighted by Gasteiger charge is -2.15. The number of hydrogen-bond acceptors (Lipinski definition) is 5. The molecule has 0 N–H and O–H groups in total. The second kappa shape index (κ2) is 5.47. The maximum Gasteiger partial charge on any atom is 0.252 e. The van der Waals surface area contributed by atoms with Crippen LogP contribution in [-0.4, -0.2) is 35.8 Å². The number of aromatic nitrogens is 2. The van der Waals surface area contributed by atoms with E-state index in [0.29, 0.717) is 17.3 Å². The van der Waals surface area contributed by atoms with Gasteiger partial charge in [-0.15, -0.1) is 11.3 Å². The molecule has 7 heteroatoms. The van der Waals surface area contributed by atoms with Gasteiger partial charge >= 0.3 is 0 Å². The number of sulfonamides is 1. The minimum Gasteiger partial charge on any atom is -0.238 e. The zero-order chi connectivity index (χ0) is 15.0. The second-order valence-corrected chi connectivity index (χ2v) is 8.40. The first-order valence-corrected chi connectivity index (χ1v) is 9.14. The Morgan fingerprint density at radius 1 is 1.29 bits per heavy atom. The molecule has 0 bridgehead atoms. The lowest BCUT2D eigenvalue weighted by Crippen LogP contribution is -2.28. The summed E-state index contributed by atoms with van der Waals surface area (Å²) < 4.78 is 27.0. The predicted molar refractivity (Wildman–Crippen MR) is 81.9 cm³/mol. The molecule has 21 heavy (non-hydrogen) atoms. The van der Waals surface area contributed by atoms with E-state index < -0.39 is 10.0 Å². The van der Waals surface area contributed by atoms with Gasteiger partial charge in [-0.3, -0.25) is 0 Å². The van der Waals surface area contributed by atoms with Gasteiger partial charge in [0.2, 0.25) is 0 Å². The largest absolute Gasteiger partial charge is 0.252 e. The highest BCUT2D eigenvalue weighted by Crippen LogP contribution is 2.31. The lowest BCUT2D eigenvalue weighted by molar-refractivity contribution is 0.472. The van der Waals surface area contributed by atoms with Crippen LogP contribution in [0, 0.1) is 13.8 Å². The van der Waals surface area contributed by atoms with Gasteiger partial charge in [0.1, 0.15) is 10.0 Å². The van der Waals surface area contributed by atoms with Crippen molar-refractivity contribution in [2.45, 2.75) is 30.4 Å². The molecule has 1 unspecified atom stereocenters. The molecule has 112 valence electrons. The van der Waals surface area contributed by atoms with E-state index in [1.165, 1.54) is 11.3 Å². The van der Waals surface area contributed by atoms with Crippen LogP contribution in [0.25, 0.3) is 0 Å². The Hall–Kier alpha value is -1.31. The molecule has 2 aromatic heterocycles. The van der Waals surface area contributed by atoms with Crippen LogP contribution in [0.3, 0.4) is 0 Å². The summed E-state index contributed by atoms with van der Waals surface area (Å²) in [6, 6.07) is 5.34. The summed E-state index contributed by atoms with van der Waals surface area (Å²) in [5.74, 6) is 0.842. The number of nitrogens with zero attached hydrogens (tertiary/aromatic N) is 3. The number of thiophene rings is 1. The normalized spacial score (nSPS) is 20.0. The van der Waals surface area contributed by atoms with Gasteiger partial charge in [0, 0.05) is 30.4 Å². The van der Waals surface area contributed by atoms with Crippen molar-refractivity contribution in [1.82, 2.24) is 14.3 Å². The van der Waals surface area contributed by atoms with Gasteiger partial charge in [0.25, 0.3) is 10.0 Å². The summed E-state index contributed by atoms with van der Waals surface area (Å²) in [7, 11) is -3.36. The topological polar surface area (TPSA) is 63.2 Å². The van der Waals surface area contributed by atoms with Gasteiger partial charge in [0.15, 0.2) is 0 Å². The van der Waals surface area contributed by atoms with Crippen molar-refractivity contribution < 1.29 is 8.42 Å². The van der Waals surface area contributed by atoms with Crippen molar-refractivity contribution in [3.63, 3.8) is 0 Å². The fraction of sp³-hybridized carbons (Fsp3) is 0.429. The highest BCUT2D eigenvalue weighted by molar-refractivity contribution is 7.91. The van der Waals surface area contributed by atoms with Gasteiger partial charge in [-0.2, -0.15) is 4.31 Å². The van der Waals surface area contributed by atoms with Crippen molar-refractivity contribution in [3.8, 4) is 0 Å². The van der Waals surface area contributed by atoms with Gasteiger partial charge in [-0.25, -0.2) is 18.4 Å². The number of rotatable bonds is 3. The van der Waals surface area contributed by atoms with Crippen LogP contribution in [0.15, 0.2) is 27.8 Å². The maximum absolute atomic E-state index is 12.5. The van der Waals surface area contributed by atoms with Gasteiger partial charge < -0.3 is 0 Å². The molecule has 0 amide bonds. The molecule has 1 saturated heterocycles. The predicted octanol–water partition coefficient (Wildman–Crippen LogP) is 2.33. The fourth-order valence-corrected chi connectivity index (χ4v) is 5.28. The average molecular weight is 323 g/mol. The molecule has 3 rings (SSSR count). The molecule has 1 fully saturated rings. The summed E-state index contributed by atoms with van der Waals surface area (Å²) in [5.41, 5.74) is 1.86. The molecule has 5 nitrogen and oxygen atoms in total. The van der Waals surface area contributed by atoms with Crippen molar-refractivity contribution in [2.24, 2.45) is 0 Å². The van der Waals surface area contributed by atoms with Crippen molar-refractivity contribution in [2.75, 3.05) is 13.1 Å². The lowest BCUT2D eigenvalue weighted by atomic mass is 10.1. The molecular formula is C14H17N3O2S2. The Morgan fingerprint density at radius 2 is 2.00 bits per heavy atom. The third kappa shape index (κ3) is 2.86. The van der Waals surface area contributed by atoms with E-state index in [4.69, 9.17) is 0 Å². The van der Waals surface area contributed by atoms with Crippen LogP contribution in [0.1, 0.15) is 29.6 Å². The first-order chi connectivity index (χ1) is 9.96. The Morgan fingerprint density at radius 3 is 2.62 bits per heavy atom. The Balaban J connectivity index is 1.82. The van der Waals surface area contributed by atoms with E-state index in [-0.39, 0.29) is 5.92 Å². The average Bonchev–Trinajstić information content (AvgIpc) is 3.10. The van der Waals surface area contributed by atoms with E-state index in [1.807, 2.05) is 19.9 Å². The molecule has 0 aliphatic carbocycles. The van der Waals surface area contributed by atoms with E-state index >= 15 is 0 Å². The number of hydrogen-bond donors (Lipinski definition) is 0. The quantitative estimate of drug-likeness (QED) is 0.870. The van der Waals surface area contributed by atoms with E-state index in [2.05, 4.69) is 9.97 Å². The third-order valence-corrected chi connectivity index (χ3v) is 6.84. The van der Waals surface area contributed by atoms with Gasteiger partial charge in [-0.1, -0.05) is 6.07 Å². The maximum atomic E-state index is 12.5. The second-order valence-electron chi connectivity index (χ2n) is 5.29. The van der Waals surface area contributed by atoms with Gasteiger partial charge in [0.05, 0.1) is 0 Å². The fourth-order valence-electron chi connectivity index (χ4n) is 2.63. The molecule has 1 aliphatic rings. The Bertz CT molecular complexity index is 721. The van der Waals surface area contributed by atoms with Crippen molar-refractivity contribution in [3.05, 3.63) is 40.8 Å². The SMILES string of the molecule is Cc1cc(C)nc(C2CCN(S(=O)(=O)c3cccs3)C2)n1. The smallest absolute Gasteiger partial charge is 0.238 e.